The van der Waals surface area contributed by atoms with Gasteiger partial charge in [-0.2, -0.15) is 0 Å². The van der Waals surface area contributed by atoms with Crippen LogP contribution in [0.3, 0.4) is 0 Å². The fourth-order valence-corrected chi connectivity index (χ4v) is 2.58. The average molecular weight is 549 g/mol. The Morgan fingerprint density at radius 3 is 2.67 bits per heavy atom. The number of hydrogen-bond acceptors (Lipinski definition) is 3. The molecule has 0 spiro atoms. The van der Waals surface area contributed by atoms with E-state index in [4.69, 9.17) is 5.73 Å². The van der Waals surface area contributed by atoms with Gasteiger partial charge in [-0.1, -0.05) is 24.3 Å². The van der Waals surface area contributed by atoms with E-state index in [0.29, 0.717) is 17.8 Å². The van der Waals surface area contributed by atoms with Gasteiger partial charge in [0.05, 0.1) is 11.3 Å². The number of primary amides is 1. The van der Waals surface area contributed by atoms with E-state index in [-0.39, 0.29) is 0 Å². The molecule has 3 aromatic rings. The van der Waals surface area contributed by atoms with E-state index in [1.165, 1.54) is 0 Å². The van der Waals surface area contributed by atoms with Crippen LogP contribution in [0.25, 0.3) is 21.9 Å². The van der Waals surface area contributed by atoms with Crippen molar-refractivity contribution >= 4 is 22.4 Å². The molecular formula is C19H16CmN3O-. The van der Waals surface area contributed by atoms with Crippen molar-refractivity contribution in [2.24, 2.45) is 5.73 Å². The standard InChI is InChI=1S/C19H16N3O.Cm/c1-2-9-22-18-16(19(20)23)8-7-13-5-6-14(11-17(13)18)15-4-3-10-21-12-15;/h3-8,10-12,22H,1,9H2,(H2,20,23);/q-1;. The molecule has 0 aliphatic rings. The van der Waals surface area contributed by atoms with Gasteiger partial charge in [-0.05, 0) is 29.1 Å². The molecule has 2 aromatic carbocycles. The van der Waals surface area contributed by atoms with Crippen LogP contribution in [0.4, 0.5) is 5.69 Å². The quantitative estimate of drug-likeness (QED) is 0.480. The first-order valence-corrected chi connectivity index (χ1v) is 7.21. The van der Waals surface area contributed by atoms with Crippen molar-refractivity contribution in [1.82, 2.24) is 4.98 Å². The second-order valence-corrected chi connectivity index (χ2v) is 5.13. The maximum absolute atomic E-state index is 11.7. The molecule has 0 aliphatic carbocycles. The Morgan fingerprint density at radius 2 is 2.00 bits per heavy atom. The predicted molar refractivity (Wildman–Crippen MR) is 93.1 cm³/mol. The minimum Gasteiger partial charge on any atom is -0.484 e. The summed E-state index contributed by atoms with van der Waals surface area (Å²) in [5.74, 6) is -0.467. The van der Waals surface area contributed by atoms with Gasteiger partial charge >= 0.3 is 0 Å². The molecule has 1 amide bonds. The molecule has 0 atom stereocenters. The summed E-state index contributed by atoms with van der Waals surface area (Å²) in [7, 11) is 0. The van der Waals surface area contributed by atoms with Crippen molar-refractivity contribution in [3.05, 3.63) is 73.1 Å². The molecular weight excluding hydrogens is 533 g/mol. The van der Waals surface area contributed by atoms with Crippen LogP contribution in [0.2, 0.25) is 0 Å². The maximum Gasteiger partial charge on any atom is 0.250 e. The number of carbonyl (C=O) groups is 1. The van der Waals surface area contributed by atoms with Crippen molar-refractivity contribution in [3.63, 3.8) is 0 Å². The minimum absolute atomic E-state index is 0. The fraction of sp³-hybridized carbons (Fsp3) is 0.0526. The van der Waals surface area contributed by atoms with Crippen LogP contribution in [0.15, 0.2) is 61.4 Å². The van der Waals surface area contributed by atoms with Gasteiger partial charge in [-0.3, -0.25) is 16.4 Å². The smallest absolute Gasteiger partial charge is 0.250 e. The number of hydrogen-bond donors (Lipinski definition) is 2. The van der Waals surface area contributed by atoms with Crippen molar-refractivity contribution in [2.45, 2.75) is 0 Å². The van der Waals surface area contributed by atoms with E-state index in [2.05, 4.69) is 23.0 Å². The number of fused-ring (bicyclic) bond motifs is 1. The van der Waals surface area contributed by atoms with E-state index in [1.807, 2.05) is 42.6 Å². The second kappa shape index (κ2) is 6.75. The number of rotatable bonds is 5. The molecule has 0 saturated heterocycles. The third kappa shape index (κ3) is 2.90. The number of pyridine rings is 1. The van der Waals surface area contributed by atoms with Crippen molar-refractivity contribution in [1.29, 1.82) is 0 Å². The summed E-state index contributed by atoms with van der Waals surface area (Å²) in [4.78, 5) is 15.9. The van der Waals surface area contributed by atoms with Gasteiger partial charge < -0.3 is 17.1 Å². The van der Waals surface area contributed by atoms with Crippen molar-refractivity contribution < 1.29 is 4.79 Å². The zero-order chi connectivity index (χ0) is 16.2. The number of nitrogens with one attached hydrogen (secondary N) is 1. The SMILES string of the molecule is C=[C-]CNc1c(C(N)=O)ccc2ccc(-c3cccnc3)cc12.[Cm]. The van der Waals surface area contributed by atoms with E-state index in [0.717, 1.165) is 21.9 Å². The first-order chi connectivity index (χ1) is 11.2. The molecule has 122 valence electrons. The topological polar surface area (TPSA) is 68.0 Å². The monoisotopic (exact) mass is 545 g/mol. The van der Waals surface area contributed by atoms with Gasteiger partial charge in [0.15, 0.2) is 0 Å². The van der Waals surface area contributed by atoms with Crippen LogP contribution in [0, 0.1) is 6.08 Å². The molecule has 0 saturated carbocycles. The summed E-state index contributed by atoms with van der Waals surface area (Å²) in [5.41, 5.74) is 8.70. The normalized spacial score (nSPS) is 10.0. The molecule has 24 heavy (non-hydrogen) atoms. The average Bonchev–Trinajstić information content (AvgIpc) is 2.59. The van der Waals surface area contributed by atoms with E-state index < -0.39 is 5.91 Å². The van der Waals surface area contributed by atoms with Gasteiger partial charge in [0.1, 0.15) is 0 Å². The summed E-state index contributed by atoms with van der Waals surface area (Å²) in [5, 5.41) is 5.13. The number of aromatic nitrogens is 1. The Kier molecular flexibility index (Phi) is 4.56. The summed E-state index contributed by atoms with van der Waals surface area (Å²) in [6.45, 7) is 4.01. The molecule has 0 bridgehead atoms. The molecule has 0 fully saturated rings. The maximum atomic E-state index is 11.7. The van der Waals surface area contributed by atoms with Crippen LogP contribution >= 0.6 is 0 Å². The van der Waals surface area contributed by atoms with E-state index in [1.54, 1.807) is 12.3 Å². The Labute approximate surface area is 134 Å². The predicted octanol–water partition coefficient (Wildman–Crippen LogP) is 3.40. The second-order valence-electron chi connectivity index (χ2n) is 5.13. The first-order valence-electron chi connectivity index (χ1n) is 7.21. The van der Waals surface area contributed by atoms with E-state index in [9.17, 15) is 4.79 Å². The zero-order valence-corrected chi connectivity index (χ0v) is 15.8. The van der Waals surface area contributed by atoms with Gasteiger partial charge in [-0.15, -0.1) is 6.54 Å². The van der Waals surface area contributed by atoms with Crippen LogP contribution in [-0.2, 0) is 0 Å². The molecule has 1 aromatic heterocycles. The van der Waals surface area contributed by atoms with Gasteiger partial charge in [0, 0.05) is 23.3 Å². The van der Waals surface area contributed by atoms with Crippen LogP contribution in [0.5, 0.6) is 0 Å². The Bertz CT molecular complexity index is 878. The molecule has 3 rings (SSSR count). The largest absolute Gasteiger partial charge is 0.484 e. The van der Waals surface area contributed by atoms with Crippen molar-refractivity contribution in [3.8, 4) is 11.1 Å². The molecule has 1 heterocycles. The number of carbonyl (C=O) groups excluding carboxylic acids is 1. The Hall–Kier alpha value is -4.14. The summed E-state index contributed by atoms with van der Waals surface area (Å²) in [6, 6.07) is 13.6. The minimum atomic E-state index is -0.467. The zero-order valence-electron chi connectivity index (χ0n) is 12.9. The van der Waals surface area contributed by atoms with Gasteiger partial charge in [0.2, 0.25) is 0 Å². The summed E-state index contributed by atoms with van der Waals surface area (Å²) < 4.78 is 0. The number of nitrogens with zero attached hydrogens (tertiary/aromatic N) is 1. The van der Waals surface area contributed by atoms with E-state index >= 15 is 0 Å². The molecule has 4 nitrogen and oxygen atoms in total. The number of benzene rings is 2. The third-order valence-electron chi connectivity index (χ3n) is 3.67. The molecule has 3 N–H and O–H groups in total. The number of amides is 1. The molecule has 0 unspecified atom stereocenters. The fourth-order valence-electron chi connectivity index (χ4n) is 2.58. The summed E-state index contributed by atoms with van der Waals surface area (Å²) in [6.07, 6.45) is 6.32. The molecule has 0 aliphatic heterocycles. The van der Waals surface area contributed by atoms with Crippen LogP contribution in [0.1, 0.15) is 10.4 Å². The molecule has 0 radical (unpaired) electrons. The summed E-state index contributed by atoms with van der Waals surface area (Å²) >= 11 is 0. The number of nitrogens with two attached hydrogens (primary N) is 1. The van der Waals surface area contributed by atoms with Crippen LogP contribution < -0.4 is 11.1 Å². The van der Waals surface area contributed by atoms with Gasteiger partial charge in [-0.25, -0.2) is 0 Å². The number of anilines is 1. The molecule has 5 heteroatoms. The van der Waals surface area contributed by atoms with Crippen molar-refractivity contribution in [2.75, 3.05) is 11.9 Å². The Balaban J connectivity index is 0.00000208. The van der Waals surface area contributed by atoms with Gasteiger partial charge in [0.25, 0.3) is 5.91 Å². The first kappa shape index (κ1) is 16.2. The third-order valence-corrected chi connectivity index (χ3v) is 3.67. The Morgan fingerprint density at radius 1 is 1.21 bits per heavy atom. The van der Waals surface area contributed by atoms with Crippen LogP contribution in [-0.4, -0.2) is 17.4 Å².